The van der Waals surface area contributed by atoms with Crippen molar-refractivity contribution in [1.82, 2.24) is 10.6 Å². The highest BCUT2D eigenvalue weighted by Gasteiger charge is 2.18. The summed E-state index contributed by atoms with van der Waals surface area (Å²) < 4.78 is 22.8. The molecular weight excluding hydrogens is 412 g/mol. The topological polar surface area (TPSA) is 95.1 Å². The molecule has 3 aromatic rings. The Morgan fingerprint density at radius 1 is 0.688 bits per heavy atom. The van der Waals surface area contributed by atoms with Gasteiger partial charge in [-0.3, -0.25) is 0 Å². The number of ether oxygens (including phenoxy) is 4. The van der Waals surface area contributed by atoms with E-state index >= 15 is 0 Å². The van der Waals surface area contributed by atoms with Crippen LogP contribution in [0.15, 0.2) is 48.5 Å². The van der Waals surface area contributed by atoms with Crippen LogP contribution in [0, 0.1) is 0 Å². The largest absolute Gasteiger partial charge is 0.488 e. The number of carbonyl (C=O) groups is 2. The maximum Gasteiger partial charge on any atom is 0.407 e. The predicted molar refractivity (Wildman–Crippen MR) is 122 cm³/mol. The molecule has 8 heteroatoms. The van der Waals surface area contributed by atoms with E-state index in [4.69, 9.17) is 18.9 Å². The predicted octanol–water partition coefficient (Wildman–Crippen LogP) is 4.24. The van der Waals surface area contributed by atoms with Gasteiger partial charge in [0, 0.05) is 35.6 Å². The molecular formula is C24H28N2O6. The first-order valence-electron chi connectivity index (χ1n) is 10.4. The molecule has 0 aliphatic heterocycles. The number of alkyl carbamates (subject to hydrolysis) is 2. The Labute approximate surface area is 186 Å². The van der Waals surface area contributed by atoms with Crippen LogP contribution in [-0.4, -0.2) is 51.7 Å². The van der Waals surface area contributed by atoms with Gasteiger partial charge in [-0.05, 0) is 13.8 Å². The summed E-state index contributed by atoms with van der Waals surface area (Å²) in [6, 6.07) is 15.5. The molecule has 0 bridgehead atoms. The molecule has 2 unspecified atom stereocenters. The van der Waals surface area contributed by atoms with Crippen LogP contribution in [0.5, 0.6) is 11.5 Å². The number of benzene rings is 3. The summed E-state index contributed by atoms with van der Waals surface area (Å²) in [4.78, 5) is 23.0. The Kier molecular flexibility index (Phi) is 7.59. The molecule has 2 atom stereocenters. The smallest absolute Gasteiger partial charge is 0.407 e. The van der Waals surface area contributed by atoms with E-state index in [9.17, 15) is 9.59 Å². The van der Waals surface area contributed by atoms with E-state index in [2.05, 4.69) is 10.6 Å². The summed E-state index contributed by atoms with van der Waals surface area (Å²) in [5.41, 5.74) is 0. The van der Waals surface area contributed by atoms with Crippen LogP contribution in [0.25, 0.3) is 21.5 Å². The summed E-state index contributed by atoms with van der Waals surface area (Å²) in [5.74, 6) is 1.37. The van der Waals surface area contributed by atoms with Crippen LogP contribution in [0.4, 0.5) is 9.59 Å². The van der Waals surface area contributed by atoms with Gasteiger partial charge in [0.1, 0.15) is 36.9 Å². The van der Waals surface area contributed by atoms with Gasteiger partial charge in [-0.15, -0.1) is 0 Å². The van der Waals surface area contributed by atoms with E-state index in [-0.39, 0.29) is 13.2 Å². The molecule has 0 aliphatic carbocycles. The monoisotopic (exact) mass is 440 g/mol. The lowest BCUT2D eigenvalue weighted by Gasteiger charge is -2.20. The minimum atomic E-state index is -0.507. The quantitative estimate of drug-likeness (QED) is 0.509. The van der Waals surface area contributed by atoms with Gasteiger partial charge in [0.25, 0.3) is 0 Å². The second kappa shape index (κ2) is 10.6. The molecule has 0 aromatic heterocycles. The van der Waals surface area contributed by atoms with E-state index in [1.54, 1.807) is 13.8 Å². The molecule has 3 aromatic carbocycles. The van der Waals surface area contributed by atoms with E-state index in [0.717, 1.165) is 21.5 Å². The third-order valence-corrected chi connectivity index (χ3v) is 4.78. The first-order valence-corrected chi connectivity index (χ1v) is 10.4. The first-order chi connectivity index (χ1) is 15.4. The molecule has 0 saturated carbocycles. The number of nitrogens with one attached hydrogen (secondary N) is 2. The summed E-state index contributed by atoms with van der Waals surface area (Å²) in [6.45, 7) is 3.92. The van der Waals surface area contributed by atoms with Crippen molar-refractivity contribution in [2.24, 2.45) is 0 Å². The number of fused-ring (bicyclic) bond motifs is 2. The molecule has 0 heterocycles. The van der Waals surface area contributed by atoms with Crippen molar-refractivity contribution >= 4 is 33.7 Å². The van der Waals surface area contributed by atoms with Gasteiger partial charge < -0.3 is 29.6 Å². The number of hydrogen-bond donors (Lipinski definition) is 2. The second-order valence-corrected chi connectivity index (χ2v) is 7.30. The molecule has 32 heavy (non-hydrogen) atoms. The van der Waals surface area contributed by atoms with Crippen molar-refractivity contribution in [1.29, 1.82) is 0 Å². The Hall–Kier alpha value is -3.68. The van der Waals surface area contributed by atoms with Crippen LogP contribution in [0.3, 0.4) is 0 Å². The van der Waals surface area contributed by atoms with Crippen molar-refractivity contribution in [3.63, 3.8) is 0 Å². The molecule has 0 radical (unpaired) electrons. The highest BCUT2D eigenvalue weighted by molar-refractivity contribution is 6.11. The highest BCUT2D eigenvalue weighted by Crippen LogP contribution is 2.42. The van der Waals surface area contributed by atoms with Crippen molar-refractivity contribution in [2.75, 3.05) is 27.3 Å². The third kappa shape index (κ3) is 5.32. The summed E-state index contributed by atoms with van der Waals surface area (Å²) in [6.07, 6.45) is -1.89. The maximum atomic E-state index is 11.5. The molecule has 0 spiro atoms. The summed E-state index contributed by atoms with van der Waals surface area (Å²) in [7, 11) is 3.02. The van der Waals surface area contributed by atoms with Crippen LogP contribution in [0.1, 0.15) is 13.8 Å². The normalized spacial score (nSPS) is 12.6. The molecule has 8 nitrogen and oxygen atoms in total. The van der Waals surface area contributed by atoms with Crippen molar-refractivity contribution in [3.05, 3.63) is 48.5 Å². The van der Waals surface area contributed by atoms with E-state index < -0.39 is 24.4 Å². The Bertz CT molecular complexity index is 957. The van der Waals surface area contributed by atoms with E-state index in [1.165, 1.54) is 14.1 Å². The maximum absolute atomic E-state index is 11.5. The fourth-order valence-corrected chi connectivity index (χ4v) is 3.31. The lowest BCUT2D eigenvalue weighted by molar-refractivity contribution is 0.0766. The Morgan fingerprint density at radius 3 is 1.28 bits per heavy atom. The van der Waals surface area contributed by atoms with Crippen LogP contribution in [-0.2, 0) is 9.47 Å². The van der Waals surface area contributed by atoms with Gasteiger partial charge >= 0.3 is 12.2 Å². The molecule has 2 N–H and O–H groups in total. The van der Waals surface area contributed by atoms with Crippen molar-refractivity contribution in [2.45, 2.75) is 26.1 Å². The lowest BCUT2D eigenvalue weighted by Crippen LogP contribution is -2.28. The van der Waals surface area contributed by atoms with Gasteiger partial charge in [-0.1, -0.05) is 48.5 Å². The van der Waals surface area contributed by atoms with Gasteiger partial charge in [0.05, 0.1) is 0 Å². The van der Waals surface area contributed by atoms with Crippen LogP contribution in [0.2, 0.25) is 0 Å². The molecule has 170 valence electrons. The average Bonchev–Trinajstić information content (AvgIpc) is 2.80. The van der Waals surface area contributed by atoms with Crippen molar-refractivity contribution in [3.8, 4) is 11.5 Å². The zero-order valence-corrected chi connectivity index (χ0v) is 18.6. The molecule has 3 rings (SSSR count). The summed E-state index contributed by atoms with van der Waals surface area (Å²) in [5, 5.41) is 8.34. The van der Waals surface area contributed by atoms with Crippen molar-refractivity contribution < 1.29 is 28.5 Å². The fraction of sp³-hybridized carbons (Fsp3) is 0.333. The first kappa shape index (κ1) is 23.0. The van der Waals surface area contributed by atoms with Crippen LogP contribution < -0.4 is 20.1 Å². The Balaban J connectivity index is 1.95. The van der Waals surface area contributed by atoms with Gasteiger partial charge in [0.15, 0.2) is 0 Å². The molecule has 0 saturated heterocycles. The number of hydrogen-bond acceptors (Lipinski definition) is 6. The average molecular weight is 440 g/mol. The Morgan fingerprint density at radius 2 is 1.00 bits per heavy atom. The van der Waals surface area contributed by atoms with E-state index in [1.807, 2.05) is 48.5 Å². The number of amides is 2. The lowest BCUT2D eigenvalue weighted by atomic mass is 10.0. The standard InChI is InChI=1S/C24H28N2O6/c1-15(31-23(27)25-3)13-29-21-17-9-5-7-11-19(17)22(20-12-8-6-10-18(20)21)30-14-16(2)32-24(28)26-4/h5-12,15-16H,13-14H2,1-4H3,(H,25,27)(H,26,28). The van der Waals surface area contributed by atoms with Gasteiger partial charge in [-0.25, -0.2) is 9.59 Å². The summed E-state index contributed by atoms with van der Waals surface area (Å²) >= 11 is 0. The molecule has 0 fully saturated rings. The number of carbonyl (C=O) groups excluding carboxylic acids is 2. The second-order valence-electron chi connectivity index (χ2n) is 7.30. The minimum absolute atomic E-state index is 0.193. The minimum Gasteiger partial charge on any atom is -0.488 e. The van der Waals surface area contributed by atoms with E-state index in [0.29, 0.717) is 11.5 Å². The zero-order chi connectivity index (χ0) is 23.1. The SMILES string of the molecule is CNC(=O)OC(C)COc1c2ccccc2c(OCC(C)OC(=O)NC)c2ccccc12. The molecule has 2 amide bonds. The third-order valence-electron chi connectivity index (χ3n) is 4.78. The number of rotatable bonds is 8. The fourth-order valence-electron chi connectivity index (χ4n) is 3.31. The zero-order valence-electron chi connectivity index (χ0n) is 18.6. The molecule has 0 aliphatic rings. The van der Waals surface area contributed by atoms with Crippen LogP contribution >= 0.6 is 0 Å². The highest BCUT2D eigenvalue weighted by atomic mass is 16.6. The van der Waals surface area contributed by atoms with Gasteiger partial charge in [-0.2, -0.15) is 0 Å². The van der Waals surface area contributed by atoms with Gasteiger partial charge in [0.2, 0.25) is 0 Å².